The van der Waals surface area contributed by atoms with Crippen LogP contribution in [0.4, 0.5) is 0 Å². The Bertz CT molecular complexity index is 449. The van der Waals surface area contributed by atoms with Crippen molar-refractivity contribution in [1.29, 1.82) is 0 Å². The van der Waals surface area contributed by atoms with Gasteiger partial charge in [0.15, 0.2) is 0 Å². The molecule has 0 bridgehead atoms. The van der Waals surface area contributed by atoms with Crippen LogP contribution < -0.4 is 4.74 Å². The molecule has 0 aliphatic carbocycles. The maximum absolute atomic E-state index is 10.5. The van der Waals surface area contributed by atoms with Crippen molar-refractivity contribution in [3.05, 3.63) is 35.4 Å². The summed E-state index contributed by atoms with van der Waals surface area (Å²) in [6, 6.07) is 5.50. The average molecular weight is 264 g/mol. The van der Waals surface area contributed by atoms with E-state index >= 15 is 0 Å². The molecule has 0 heterocycles. The topological polar surface area (TPSA) is 55.8 Å². The fraction of sp³-hybridized carbons (Fsp3) is 0.400. The number of methoxy groups -OCH3 is 1. The molecule has 1 aromatic carbocycles. The van der Waals surface area contributed by atoms with Crippen LogP contribution >= 0.6 is 0 Å². The van der Waals surface area contributed by atoms with Crippen LogP contribution in [0.2, 0.25) is 0 Å². The van der Waals surface area contributed by atoms with E-state index in [1.807, 2.05) is 18.2 Å². The minimum Gasteiger partial charge on any atom is -0.496 e. The van der Waals surface area contributed by atoms with Gasteiger partial charge in [0.05, 0.1) is 13.7 Å². The molecule has 0 aliphatic rings. The summed E-state index contributed by atoms with van der Waals surface area (Å²) < 4.78 is 10.8. The van der Waals surface area contributed by atoms with Gasteiger partial charge >= 0.3 is 5.97 Å². The molecule has 0 saturated heterocycles. The van der Waals surface area contributed by atoms with Crippen molar-refractivity contribution in [2.75, 3.05) is 13.7 Å². The Morgan fingerprint density at radius 2 is 2.16 bits per heavy atom. The number of carboxylic acids is 1. The highest BCUT2D eigenvalue weighted by Gasteiger charge is 2.05. The summed E-state index contributed by atoms with van der Waals surface area (Å²) in [5.41, 5.74) is 1.72. The Balaban J connectivity index is 2.80. The zero-order valence-electron chi connectivity index (χ0n) is 11.6. The quantitative estimate of drug-likeness (QED) is 0.769. The van der Waals surface area contributed by atoms with E-state index in [4.69, 9.17) is 14.6 Å². The minimum absolute atomic E-state index is 0.454. The molecule has 0 fully saturated rings. The van der Waals surface area contributed by atoms with E-state index in [0.717, 1.165) is 23.0 Å². The number of carbonyl (C=O) groups is 1. The molecule has 0 atom stereocenters. The summed E-state index contributed by atoms with van der Waals surface area (Å²) in [6.07, 6.45) is 2.66. The van der Waals surface area contributed by atoms with E-state index in [0.29, 0.717) is 19.1 Å². The van der Waals surface area contributed by atoms with Crippen molar-refractivity contribution >= 4 is 12.0 Å². The Morgan fingerprint density at radius 1 is 1.42 bits per heavy atom. The van der Waals surface area contributed by atoms with E-state index in [1.54, 1.807) is 13.2 Å². The number of hydrogen-bond acceptors (Lipinski definition) is 3. The van der Waals surface area contributed by atoms with Gasteiger partial charge in [-0.3, -0.25) is 0 Å². The van der Waals surface area contributed by atoms with E-state index in [9.17, 15) is 4.79 Å². The molecule has 0 spiro atoms. The lowest BCUT2D eigenvalue weighted by Crippen LogP contribution is -2.03. The normalized spacial score (nSPS) is 11.2. The lowest BCUT2D eigenvalue weighted by atomic mass is 10.1. The first-order valence-electron chi connectivity index (χ1n) is 6.18. The molecule has 0 aliphatic heterocycles. The fourth-order valence-electron chi connectivity index (χ4n) is 1.59. The Hall–Kier alpha value is -1.81. The third kappa shape index (κ3) is 5.57. The van der Waals surface area contributed by atoms with Crippen LogP contribution in [0.15, 0.2) is 24.3 Å². The predicted molar refractivity (Wildman–Crippen MR) is 74.2 cm³/mol. The van der Waals surface area contributed by atoms with Crippen LogP contribution in [-0.2, 0) is 16.1 Å². The monoisotopic (exact) mass is 264 g/mol. The molecule has 0 amide bonds. The molecule has 1 N–H and O–H groups in total. The molecule has 0 aromatic heterocycles. The predicted octanol–water partition coefficient (Wildman–Crippen LogP) is 2.97. The van der Waals surface area contributed by atoms with Crippen molar-refractivity contribution in [2.45, 2.75) is 20.5 Å². The lowest BCUT2D eigenvalue weighted by Gasteiger charge is -2.11. The Kier molecular flexibility index (Phi) is 6.09. The number of benzene rings is 1. The second kappa shape index (κ2) is 7.59. The highest BCUT2D eigenvalue weighted by Crippen LogP contribution is 2.21. The van der Waals surface area contributed by atoms with Gasteiger partial charge in [-0.25, -0.2) is 4.79 Å². The van der Waals surface area contributed by atoms with E-state index < -0.39 is 5.97 Å². The van der Waals surface area contributed by atoms with Crippen molar-refractivity contribution in [1.82, 2.24) is 0 Å². The highest BCUT2D eigenvalue weighted by atomic mass is 16.5. The first kappa shape index (κ1) is 15.2. The summed E-state index contributed by atoms with van der Waals surface area (Å²) in [5, 5.41) is 8.61. The molecule has 1 aromatic rings. The molecule has 4 heteroatoms. The summed E-state index contributed by atoms with van der Waals surface area (Å²) in [7, 11) is 1.61. The van der Waals surface area contributed by atoms with Crippen LogP contribution in [-0.4, -0.2) is 24.8 Å². The zero-order chi connectivity index (χ0) is 14.3. The van der Waals surface area contributed by atoms with Gasteiger partial charge in [0.2, 0.25) is 0 Å². The molecule has 4 nitrogen and oxygen atoms in total. The van der Waals surface area contributed by atoms with E-state index in [-0.39, 0.29) is 0 Å². The van der Waals surface area contributed by atoms with Gasteiger partial charge in [-0.1, -0.05) is 19.9 Å². The van der Waals surface area contributed by atoms with Gasteiger partial charge in [-0.05, 0) is 29.7 Å². The van der Waals surface area contributed by atoms with Crippen LogP contribution in [0.25, 0.3) is 6.08 Å². The summed E-state index contributed by atoms with van der Waals surface area (Å²) >= 11 is 0. The second-order valence-electron chi connectivity index (χ2n) is 4.65. The van der Waals surface area contributed by atoms with Crippen LogP contribution in [0.5, 0.6) is 5.75 Å². The largest absolute Gasteiger partial charge is 0.496 e. The Morgan fingerprint density at radius 3 is 2.74 bits per heavy atom. The van der Waals surface area contributed by atoms with E-state index in [1.165, 1.54) is 0 Å². The third-order valence-corrected chi connectivity index (χ3v) is 2.43. The molecule has 0 radical (unpaired) electrons. The number of aliphatic carboxylic acids is 1. The number of hydrogen-bond donors (Lipinski definition) is 1. The standard InChI is InChI=1S/C15H20O4/c1-11(2)9-19-10-13-8-12(5-7-15(16)17)4-6-14(13)18-3/h4-8,11H,9-10H2,1-3H3,(H,16,17). The maximum atomic E-state index is 10.5. The number of carboxylic acid groups (broad SMARTS) is 1. The van der Waals surface area contributed by atoms with Crippen LogP contribution in [0.1, 0.15) is 25.0 Å². The van der Waals surface area contributed by atoms with Crippen molar-refractivity contribution in [3.8, 4) is 5.75 Å². The van der Waals surface area contributed by atoms with Gasteiger partial charge in [-0.2, -0.15) is 0 Å². The first-order valence-corrected chi connectivity index (χ1v) is 6.18. The van der Waals surface area contributed by atoms with Crippen molar-refractivity contribution in [3.63, 3.8) is 0 Å². The van der Waals surface area contributed by atoms with Crippen molar-refractivity contribution < 1.29 is 19.4 Å². The summed E-state index contributed by atoms with van der Waals surface area (Å²) in [5.74, 6) is 0.255. The maximum Gasteiger partial charge on any atom is 0.328 e. The molecular formula is C15H20O4. The van der Waals surface area contributed by atoms with Gasteiger partial charge in [0, 0.05) is 18.2 Å². The molecule has 0 unspecified atom stereocenters. The Labute approximate surface area is 113 Å². The first-order chi connectivity index (χ1) is 9.02. The minimum atomic E-state index is -0.964. The van der Waals surface area contributed by atoms with Crippen LogP contribution in [0, 0.1) is 5.92 Å². The third-order valence-electron chi connectivity index (χ3n) is 2.43. The highest BCUT2D eigenvalue weighted by molar-refractivity contribution is 5.85. The summed E-state index contributed by atoms with van der Waals surface area (Å²) in [6.45, 7) is 5.31. The van der Waals surface area contributed by atoms with Gasteiger partial charge in [0.1, 0.15) is 5.75 Å². The molecule has 104 valence electrons. The lowest BCUT2D eigenvalue weighted by molar-refractivity contribution is -0.131. The zero-order valence-corrected chi connectivity index (χ0v) is 11.6. The molecule has 1 rings (SSSR count). The number of rotatable bonds is 7. The molecular weight excluding hydrogens is 244 g/mol. The smallest absolute Gasteiger partial charge is 0.328 e. The SMILES string of the molecule is COc1ccc(C=CC(=O)O)cc1COCC(C)C. The molecule has 19 heavy (non-hydrogen) atoms. The van der Waals surface area contributed by atoms with Gasteiger partial charge < -0.3 is 14.6 Å². The van der Waals surface area contributed by atoms with E-state index in [2.05, 4.69) is 13.8 Å². The fourth-order valence-corrected chi connectivity index (χ4v) is 1.59. The summed E-state index contributed by atoms with van der Waals surface area (Å²) in [4.78, 5) is 10.5. The average Bonchev–Trinajstić information content (AvgIpc) is 2.36. The van der Waals surface area contributed by atoms with Crippen molar-refractivity contribution in [2.24, 2.45) is 5.92 Å². The van der Waals surface area contributed by atoms with Gasteiger partial charge in [0.25, 0.3) is 0 Å². The molecule has 0 saturated carbocycles. The van der Waals surface area contributed by atoms with Crippen LogP contribution in [0.3, 0.4) is 0 Å². The number of ether oxygens (including phenoxy) is 2. The second-order valence-corrected chi connectivity index (χ2v) is 4.65. The van der Waals surface area contributed by atoms with Gasteiger partial charge in [-0.15, -0.1) is 0 Å².